The van der Waals surface area contributed by atoms with Gasteiger partial charge in [0.2, 0.25) is 0 Å². The van der Waals surface area contributed by atoms with Gasteiger partial charge in [-0.25, -0.2) is 8.42 Å². The molecule has 6 nitrogen and oxygen atoms in total. The first-order valence-corrected chi connectivity index (χ1v) is 9.34. The molecule has 0 aliphatic carbocycles. The Kier molecular flexibility index (Phi) is 4.99. The van der Waals surface area contributed by atoms with Gasteiger partial charge >= 0.3 is 0 Å². The highest BCUT2D eigenvalue weighted by Crippen LogP contribution is 2.37. The fraction of sp³-hybridized carbons (Fsp3) is 0.273. The van der Waals surface area contributed by atoms with Crippen molar-refractivity contribution in [2.24, 2.45) is 0 Å². The summed E-state index contributed by atoms with van der Waals surface area (Å²) in [5.74, 6) is 0. The first-order valence-electron chi connectivity index (χ1n) is 5.82. The van der Waals surface area contributed by atoms with Gasteiger partial charge in [-0.15, -0.1) is 22.7 Å². The third-order valence-corrected chi connectivity index (χ3v) is 7.27. The molecule has 0 saturated carbocycles. The summed E-state index contributed by atoms with van der Waals surface area (Å²) in [6, 6.07) is 4.69. The van der Waals surface area contributed by atoms with Crippen molar-refractivity contribution in [1.82, 2.24) is 4.31 Å². The summed E-state index contributed by atoms with van der Waals surface area (Å²) in [6.07, 6.45) is 0. The molecule has 0 aromatic carbocycles. The van der Waals surface area contributed by atoms with E-state index < -0.39 is 14.9 Å². The van der Waals surface area contributed by atoms with Gasteiger partial charge in [-0.3, -0.25) is 10.1 Å². The lowest BCUT2D eigenvalue weighted by molar-refractivity contribution is -0.384. The van der Waals surface area contributed by atoms with E-state index in [-0.39, 0.29) is 27.3 Å². The number of rotatable bonds is 6. The van der Waals surface area contributed by atoms with Crippen molar-refractivity contribution in [3.8, 4) is 0 Å². The number of halogens is 1. The molecule has 10 heteroatoms. The Bertz CT molecular complexity index is 740. The monoisotopic (exact) mass is 366 g/mol. The summed E-state index contributed by atoms with van der Waals surface area (Å²) in [7, 11) is -3.79. The lowest BCUT2D eigenvalue weighted by atomic mass is 10.4. The highest BCUT2D eigenvalue weighted by molar-refractivity contribution is 7.91. The van der Waals surface area contributed by atoms with Crippen molar-refractivity contribution >= 4 is 50.0 Å². The van der Waals surface area contributed by atoms with Crippen molar-refractivity contribution in [2.45, 2.75) is 17.7 Å². The molecule has 0 N–H and O–H groups in total. The van der Waals surface area contributed by atoms with Gasteiger partial charge in [0.15, 0.2) is 4.34 Å². The van der Waals surface area contributed by atoms with E-state index in [1.807, 2.05) is 17.5 Å². The van der Waals surface area contributed by atoms with Crippen LogP contribution in [0.15, 0.2) is 27.8 Å². The van der Waals surface area contributed by atoms with Crippen molar-refractivity contribution in [2.75, 3.05) is 6.54 Å². The number of thiophene rings is 2. The van der Waals surface area contributed by atoms with Crippen molar-refractivity contribution in [1.29, 1.82) is 0 Å². The van der Waals surface area contributed by atoms with Crippen LogP contribution in [0.5, 0.6) is 0 Å². The minimum Gasteiger partial charge on any atom is -0.258 e. The molecule has 21 heavy (non-hydrogen) atoms. The van der Waals surface area contributed by atoms with Crippen LogP contribution in [0.25, 0.3) is 0 Å². The molecule has 0 saturated heterocycles. The Hall–Kier alpha value is -1.00. The molecule has 2 heterocycles. The molecule has 114 valence electrons. The van der Waals surface area contributed by atoms with E-state index in [2.05, 4.69) is 0 Å². The standard InChI is InChI=1S/C11H11ClN2O4S3/c1-2-13(7-8-4-3-5-19-8)21(17,18)10-6-9(14(15)16)11(12)20-10/h3-6H,2,7H2,1H3. The van der Waals surface area contributed by atoms with E-state index in [1.165, 1.54) is 15.6 Å². The zero-order valence-electron chi connectivity index (χ0n) is 10.9. The largest absolute Gasteiger partial charge is 0.300 e. The maximum Gasteiger partial charge on any atom is 0.300 e. The third kappa shape index (κ3) is 3.43. The molecule has 0 aliphatic heterocycles. The summed E-state index contributed by atoms with van der Waals surface area (Å²) < 4.78 is 26.1. The van der Waals surface area contributed by atoms with Crippen LogP contribution < -0.4 is 0 Å². The van der Waals surface area contributed by atoms with Crippen LogP contribution >= 0.6 is 34.3 Å². The predicted molar refractivity (Wildman–Crippen MR) is 83.6 cm³/mol. The lowest BCUT2D eigenvalue weighted by Crippen LogP contribution is -2.29. The highest BCUT2D eigenvalue weighted by atomic mass is 35.5. The average molecular weight is 367 g/mol. The zero-order chi connectivity index (χ0) is 15.6. The van der Waals surface area contributed by atoms with Gasteiger partial charge in [-0.1, -0.05) is 24.6 Å². The second kappa shape index (κ2) is 6.41. The van der Waals surface area contributed by atoms with Crippen LogP contribution in [0.2, 0.25) is 4.34 Å². The number of sulfonamides is 1. The molecular formula is C11H11ClN2O4S3. The number of nitrogens with zero attached hydrogens (tertiary/aromatic N) is 2. The summed E-state index contributed by atoms with van der Waals surface area (Å²) >= 11 is 7.89. The van der Waals surface area contributed by atoms with Crippen LogP contribution in [-0.4, -0.2) is 24.2 Å². The van der Waals surface area contributed by atoms with Crippen molar-refractivity contribution in [3.05, 3.63) is 42.9 Å². The molecule has 0 unspecified atom stereocenters. The third-order valence-electron chi connectivity index (χ3n) is 2.70. The summed E-state index contributed by atoms with van der Waals surface area (Å²) in [5.41, 5.74) is -0.382. The topological polar surface area (TPSA) is 80.5 Å². The SMILES string of the molecule is CCN(Cc1cccs1)S(=O)(=O)c1cc([N+](=O)[O-])c(Cl)s1. The molecule has 0 aliphatic rings. The molecule has 2 rings (SSSR count). The van der Waals surface area contributed by atoms with E-state index in [0.29, 0.717) is 11.3 Å². The second-order valence-electron chi connectivity index (χ2n) is 3.99. The van der Waals surface area contributed by atoms with Gasteiger partial charge in [-0.05, 0) is 11.4 Å². The Morgan fingerprint density at radius 1 is 1.48 bits per heavy atom. The Morgan fingerprint density at radius 2 is 2.19 bits per heavy atom. The number of hydrogen-bond donors (Lipinski definition) is 0. The molecule has 0 amide bonds. The van der Waals surface area contributed by atoms with Crippen molar-refractivity contribution in [3.63, 3.8) is 0 Å². The smallest absolute Gasteiger partial charge is 0.258 e. The normalized spacial score (nSPS) is 12.0. The molecule has 0 spiro atoms. The van der Waals surface area contributed by atoms with Crippen LogP contribution in [0, 0.1) is 10.1 Å². The summed E-state index contributed by atoms with van der Waals surface area (Å²) in [6.45, 7) is 2.22. The van der Waals surface area contributed by atoms with E-state index in [1.54, 1.807) is 6.92 Å². The van der Waals surface area contributed by atoms with Crippen molar-refractivity contribution < 1.29 is 13.3 Å². The van der Waals surface area contributed by atoms with E-state index in [4.69, 9.17) is 11.6 Å². The fourth-order valence-corrected chi connectivity index (χ4v) is 5.71. The maximum atomic E-state index is 12.5. The van der Waals surface area contributed by atoms with E-state index in [9.17, 15) is 18.5 Å². The molecule has 0 radical (unpaired) electrons. The summed E-state index contributed by atoms with van der Waals surface area (Å²) in [4.78, 5) is 11.0. The van der Waals surface area contributed by atoms with E-state index >= 15 is 0 Å². The van der Waals surface area contributed by atoms with Gasteiger partial charge in [0.25, 0.3) is 15.7 Å². The minimum absolute atomic E-state index is 0.113. The minimum atomic E-state index is -3.79. The first-order chi connectivity index (χ1) is 9.86. The van der Waals surface area contributed by atoms with Crippen LogP contribution in [-0.2, 0) is 16.6 Å². The van der Waals surface area contributed by atoms with Gasteiger partial charge < -0.3 is 0 Å². The van der Waals surface area contributed by atoms with Gasteiger partial charge in [0, 0.05) is 24.0 Å². The zero-order valence-corrected chi connectivity index (χ0v) is 14.1. The van der Waals surface area contributed by atoms with Gasteiger partial charge in [0.05, 0.1) is 4.92 Å². The number of nitro groups is 1. The Labute approximate surface area is 134 Å². The van der Waals surface area contributed by atoms with Gasteiger partial charge in [0.1, 0.15) is 4.21 Å². The molecule has 0 atom stereocenters. The predicted octanol–water partition coefficient (Wildman–Crippen LogP) is 3.58. The number of hydrogen-bond acceptors (Lipinski definition) is 6. The molecular weight excluding hydrogens is 356 g/mol. The van der Waals surface area contributed by atoms with Crippen LogP contribution in [0.4, 0.5) is 5.69 Å². The van der Waals surface area contributed by atoms with Gasteiger partial charge in [-0.2, -0.15) is 4.31 Å². The van der Waals surface area contributed by atoms with E-state index in [0.717, 1.165) is 10.9 Å². The molecule has 2 aromatic heterocycles. The molecule has 2 aromatic rings. The Morgan fingerprint density at radius 3 is 2.67 bits per heavy atom. The molecule has 0 fully saturated rings. The first kappa shape index (κ1) is 16.4. The fourth-order valence-electron chi connectivity index (χ4n) is 1.66. The van der Waals surface area contributed by atoms with Crippen LogP contribution in [0.1, 0.15) is 11.8 Å². The maximum absolute atomic E-state index is 12.5. The van der Waals surface area contributed by atoms with Crippen LogP contribution in [0.3, 0.4) is 0 Å². The molecule has 0 bridgehead atoms. The second-order valence-corrected chi connectivity index (χ2v) is 8.84. The quantitative estimate of drug-likeness (QED) is 0.578. The Balaban J connectivity index is 2.35. The highest BCUT2D eigenvalue weighted by Gasteiger charge is 2.30. The average Bonchev–Trinajstić information content (AvgIpc) is 3.04. The summed E-state index contributed by atoms with van der Waals surface area (Å²) in [5, 5.41) is 12.6. The lowest BCUT2D eigenvalue weighted by Gasteiger charge is -2.18.